The topological polar surface area (TPSA) is 105 Å². The Balaban J connectivity index is 1.78. The van der Waals surface area contributed by atoms with Crippen molar-refractivity contribution in [1.29, 1.82) is 0 Å². The van der Waals surface area contributed by atoms with Crippen molar-refractivity contribution in [3.05, 3.63) is 28.2 Å². The number of rotatable bonds is 5. The van der Waals surface area contributed by atoms with Gasteiger partial charge in [-0.05, 0) is 18.2 Å². The minimum Gasteiger partial charge on any atom is -0.480 e. The minimum atomic E-state index is -1.25. The highest BCUT2D eigenvalue weighted by atomic mass is 35.5. The predicted octanol–water partition coefficient (Wildman–Crippen LogP) is 0.744. The summed E-state index contributed by atoms with van der Waals surface area (Å²) in [6.07, 6.45) is -4.74. The minimum absolute atomic E-state index is 0.107. The van der Waals surface area contributed by atoms with Gasteiger partial charge in [-0.2, -0.15) is 0 Å². The molecule has 4 atom stereocenters. The predicted molar refractivity (Wildman–Crippen MR) is 80.4 cm³/mol. The van der Waals surface area contributed by atoms with Crippen LogP contribution >= 0.6 is 23.2 Å². The van der Waals surface area contributed by atoms with E-state index in [1.807, 2.05) is 0 Å². The summed E-state index contributed by atoms with van der Waals surface area (Å²) in [7, 11) is 0. The van der Waals surface area contributed by atoms with Gasteiger partial charge in [0.15, 0.2) is 12.9 Å². The average molecular weight is 367 g/mol. The molecule has 1 aromatic rings. The Kier molecular flexibility index (Phi) is 6.46. The molecular formula is C14H16Cl2O7. The molecular weight excluding hydrogens is 351 g/mol. The summed E-state index contributed by atoms with van der Waals surface area (Å²) in [6, 6.07) is 4.54. The molecule has 7 nitrogen and oxygen atoms in total. The first-order chi connectivity index (χ1) is 10.9. The van der Waals surface area contributed by atoms with Crippen LogP contribution in [0.2, 0.25) is 10.0 Å². The molecule has 0 saturated carbocycles. The van der Waals surface area contributed by atoms with E-state index in [0.29, 0.717) is 5.02 Å². The number of benzene rings is 1. The lowest BCUT2D eigenvalue weighted by molar-refractivity contribution is -0.242. The second kappa shape index (κ2) is 8.14. The zero-order valence-electron chi connectivity index (χ0n) is 11.9. The molecule has 9 heteroatoms. The molecule has 2 unspecified atom stereocenters. The van der Waals surface area contributed by atoms with Crippen molar-refractivity contribution < 1.29 is 34.3 Å². The van der Waals surface area contributed by atoms with Crippen molar-refractivity contribution >= 4 is 29.2 Å². The number of aliphatic hydroxyl groups is 3. The maximum absolute atomic E-state index is 11.6. The zero-order chi connectivity index (χ0) is 17.0. The molecule has 1 aliphatic rings. The van der Waals surface area contributed by atoms with Crippen LogP contribution in [0.25, 0.3) is 0 Å². The molecule has 2 rings (SSSR count). The van der Waals surface area contributed by atoms with E-state index in [0.717, 1.165) is 0 Å². The second-order valence-corrected chi connectivity index (χ2v) is 5.81. The molecule has 0 radical (unpaired) electrons. The highest BCUT2D eigenvalue weighted by Crippen LogP contribution is 2.27. The quantitative estimate of drug-likeness (QED) is 0.660. The third-order valence-corrected chi connectivity index (χ3v) is 3.73. The van der Waals surface area contributed by atoms with Crippen molar-refractivity contribution in [1.82, 2.24) is 0 Å². The summed E-state index contributed by atoms with van der Waals surface area (Å²) in [5.74, 6) is -0.450. The largest absolute Gasteiger partial charge is 0.480 e. The lowest BCUT2D eigenvalue weighted by Crippen LogP contribution is -2.50. The van der Waals surface area contributed by atoms with Crippen LogP contribution in [0.15, 0.2) is 18.2 Å². The fourth-order valence-electron chi connectivity index (χ4n) is 2.02. The number of esters is 1. The van der Waals surface area contributed by atoms with Gasteiger partial charge in [0.2, 0.25) is 0 Å². The monoisotopic (exact) mass is 366 g/mol. The number of ether oxygens (including phenoxy) is 3. The van der Waals surface area contributed by atoms with Crippen molar-refractivity contribution in [2.45, 2.75) is 31.0 Å². The molecule has 1 fully saturated rings. The van der Waals surface area contributed by atoms with Gasteiger partial charge in [0.25, 0.3) is 0 Å². The van der Waals surface area contributed by atoms with E-state index in [4.69, 9.17) is 37.4 Å². The molecule has 3 N–H and O–H groups in total. The van der Waals surface area contributed by atoms with Crippen LogP contribution < -0.4 is 4.74 Å². The molecule has 0 amide bonds. The van der Waals surface area contributed by atoms with Gasteiger partial charge in [0.1, 0.15) is 24.6 Å². The van der Waals surface area contributed by atoms with Crippen molar-refractivity contribution in [2.75, 3.05) is 13.2 Å². The van der Waals surface area contributed by atoms with E-state index in [1.54, 1.807) is 6.07 Å². The van der Waals surface area contributed by atoms with E-state index in [9.17, 15) is 20.1 Å². The second-order valence-electron chi connectivity index (χ2n) is 4.97. The van der Waals surface area contributed by atoms with E-state index < -0.39 is 37.2 Å². The molecule has 1 saturated heterocycles. The number of halogens is 2. The highest BCUT2D eigenvalue weighted by molar-refractivity contribution is 6.35. The molecule has 1 aromatic carbocycles. The van der Waals surface area contributed by atoms with Crippen LogP contribution in [0.3, 0.4) is 0 Å². The van der Waals surface area contributed by atoms with E-state index in [1.165, 1.54) is 12.1 Å². The first kappa shape index (κ1) is 18.3. The van der Waals surface area contributed by atoms with Crippen LogP contribution in [0.4, 0.5) is 0 Å². The lowest BCUT2D eigenvalue weighted by Gasteiger charge is -2.34. The van der Waals surface area contributed by atoms with Gasteiger partial charge in [-0.25, -0.2) is 4.79 Å². The zero-order valence-corrected chi connectivity index (χ0v) is 13.4. The first-order valence-corrected chi connectivity index (χ1v) is 7.55. The van der Waals surface area contributed by atoms with Crippen LogP contribution in [0, 0.1) is 0 Å². The van der Waals surface area contributed by atoms with Gasteiger partial charge >= 0.3 is 5.97 Å². The number of carbonyl (C=O) groups excluding carboxylic acids is 1. The lowest BCUT2D eigenvalue weighted by atomic mass is 10.0. The molecule has 128 valence electrons. The standard InChI is InChI=1S/C14H16Cl2O7/c15-7-1-2-10(8(16)3-7)21-6-13(19)22-5-11-14(20)9(17)4-12(18)23-11/h1-3,9,11-12,14,17-18,20H,4-6H2/t9?,11?,12-,14-/m0/s1. The fraction of sp³-hybridized carbons (Fsp3) is 0.500. The Labute approximate surface area is 142 Å². The van der Waals surface area contributed by atoms with Gasteiger partial charge in [0.05, 0.1) is 11.1 Å². The van der Waals surface area contributed by atoms with Gasteiger partial charge in [0, 0.05) is 11.4 Å². The Hall–Kier alpha value is -1.09. The van der Waals surface area contributed by atoms with E-state index in [2.05, 4.69) is 0 Å². The average Bonchev–Trinajstić information content (AvgIpc) is 2.48. The first-order valence-electron chi connectivity index (χ1n) is 6.80. The summed E-state index contributed by atoms with van der Waals surface area (Å²) >= 11 is 11.6. The third-order valence-electron chi connectivity index (χ3n) is 3.20. The molecule has 0 spiro atoms. The third kappa shape index (κ3) is 5.20. The summed E-state index contributed by atoms with van der Waals surface area (Å²) in [4.78, 5) is 11.6. The molecule has 0 aromatic heterocycles. The van der Waals surface area contributed by atoms with Gasteiger partial charge in [-0.15, -0.1) is 0 Å². The summed E-state index contributed by atoms with van der Waals surface area (Å²) in [5, 5.41) is 29.2. The molecule has 0 aliphatic carbocycles. The normalized spacial score (nSPS) is 27.5. The maximum atomic E-state index is 11.6. The summed E-state index contributed by atoms with van der Waals surface area (Å²) in [5.41, 5.74) is 0. The Morgan fingerprint density at radius 3 is 2.74 bits per heavy atom. The fourth-order valence-corrected chi connectivity index (χ4v) is 2.48. The van der Waals surface area contributed by atoms with Crippen LogP contribution in [0.1, 0.15) is 6.42 Å². The molecule has 0 bridgehead atoms. The van der Waals surface area contributed by atoms with Gasteiger partial charge < -0.3 is 29.5 Å². The SMILES string of the molecule is O=C(COc1ccc(Cl)cc1Cl)OCC1O[C@H](O)CC(O)[C@@H]1O. The van der Waals surface area contributed by atoms with Crippen LogP contribution in [0.5, 0.6) is 5.75 Å². The van der Waals surface area contributed by atoms with Crippen molar-refractivity contribution in [3.8, 4) is 5.75 Å². The summed E-state index contributed by atoms with van der Waals surface area (Å²) < 4.78 is 15.1. The van der Waals surface area contributed by atoms with Crippen molar-refractivity contribution in [2.24, 2.45) is 0 Å². The van der Waals surface area contributed by atoms with Crippen molar-refractivity contribution in [3.63, 3.8) is 0 Å². The smallest absolute Gasteiger partial charge is 0.344 e. The Morgan fingerprint density at radius 2 is 2.04 bits per heavy atom. The molecule has 23 heavy (non-hydrogen) atoms. The molecule has 1 heterocycles. The van der Waals surface area contributed by atoms with E-state index >= 15 is 0 Å². The number of carbonyl (C=O) groups is 1. The Bertz CT molecular complexity index is 554. The Morgan fingerprint density at radius 1 is 1.30 bits per heavy atom. The highest BCUT2D eigenvalue weighted by Gasteiger charge is 2.36. The number of hydrogen-bond acceptors (Lipinski definition) is 7. The van der Waals surface area contributed by atoms with Crippen LogP contribution in [-0.2, 0) is 14.3 Å². The van der Waals surface area contributed by atoms with E-state index in [-0.39, 0.29) is 23.8 Å². The van der Waals surface area contributed by atoms with Gasteiger partial charge in [-0.1, -0.05) is 23.2 Å². The summed E-state index contributed by atoms with van der Waals surface area (Å²) in [6.45, 7) is -0.735. The maximum Gasteiger partial charge on any atom is 0.344 e. The van der Waals surface area contributed by atoms with Gasteiger partial charge in [-0.3, -0.25) is 0 Å². The number of hydrogen-bond donors (Lipinski definition) is 3. The molecule has 1 aliphatic heterocycles. The van der Waals surface area contributed by atoms with Crippen LogP contribution in [-0.4, -0.2) is 59.1 Å². The number of aliphatic hydroxyl groups excluding tert-OH is 3.